The minimum absolute atomic E-state index is 0.153. The highest BCUT2D eigenvalue weighted by atomic mass is 16.5. The molecule has 80 valence electrons. The molecule has 0 aromatic carbocycles. The van der Waals surface area contributed by atoms with E-state index in [0.29, 0.717) is 6.04 Å². The Hall–Kier alpha value is -0.590. The molecule has 0 aromatic heterocycles. The lowest BCUT2D eigenvalue weighted by Crippen LogP contribution is -2.46. The van der Waals surface area contributed by atoms with Crippen molar-refractivity contribution < 1.29 is 4.74 Å². The first-order valence-electron chi connectivity index (χ1n) is 5.36. The van der Waals surface area contributed by atoms with Crippen molar-refractivity contribution in [1.82, 2.24) is 5.32 Å². The fourth-order valence-corrected chi connectivity index (χ4v) is 1.41. The van der Waals surface area contributed by atoms with Crippen LogP contribution >= 0.6 is 0 Å². The summed E-state index contributed by atoms with van der Waals surface area (Å²) in [6.07, 6.45) is 3.27. The van der Waals surface area contributed by atoms with E-state index in [1.807, 2.05) is 13.8 Å². The summed E-state index contributed by atoms with van der Waals surface area (Å²) in [5.41, 5.74) is -0.153. The van der Waals surface area contributed by atoms with E-state index in [-0.39, 0.29) is 5.41 Å². The minimum atomic E-state index is -0.153. The van der Waals surface area contributed by atoms with Gasteiger partial charge >= 0.3 is 0 Å². The van der Waals surface area contributed by atoms with Crippen LogP contribution in [0.4, 0.5) is 0 Å². The third-order valence-electron chi connectivity index (χ3n) is 2.60. The van der Waals surface area contributed by atoms with E-state index >= 15 is 0 Å². The monoisotopic (exact) mass is 196 g/mol. The summed E-state index contributed by atoms with van der Waals surface area (Å²) in [6.45, 7) is 6.78. The number of hydrogen-bond donors (Lipinski definition) is 1. The molecule has 1 fully saturated rings. The normalized spacial score (nSPS) is 17.5. The molecule has 3 nitrogen and oxygen atoms in total. The Bertz CT molecular complexity index is 204. The van der Waals surface area contributed by atoms with Gasteiger partial charge in [0.05, 0.1) is 30.7 Å². The molecule has 1 rings (SSSR count). The van der Waals surface area contributed by atoms with E-state index in [9.17, 15) is 0 Å². The van der Waals surface area contributed by atoms with Gasteiger partial charge in [-0.1, -0.05) is 6.42 Å². The van der Waals surface area contributed by atoms with Gasteiger partial charge < -0.3 is 10.1 Å². The Labute approximate surface area is 86.4 Å². The Balaban J connectivity index is 1.91. The summed E-state index contributed by atoms with van der Waals surface area (Å²) in [4.78, 5) is 0. The second-order valence-corrected chi connectivity index (χ2v) is 4.64. The van der Waals surface area contributed by atoms with E-state index in [1.165, 1.54) is 0 Å². The molecule has 3 heteroatoms. The van der Waals surface area contributed by atoms with Crippen molar-refractivity contribution in [1.29, 1.82) is 5.26 Å². The van der Waals surface area contributed by atoms with Crippen molar-refractivity contribution in [3.05, 3.63) is 0 Å². The lowest BCUT2D eigenvalue weighted by molar-refractivity contribution is -0.00500. The molecule has 14 heavy (non-hydrogen) atoms. The van der Waals surface area contributed by atoms with E-state index in [1.54, 1.807) is 0 Å². The molecule has 1 heterocycles. The number of hydrogen-bond acceptors (Lipinski definition) is 3. The quantitative estimate of drug-likeness (QED) is 0.658. The topological polar surface area (TPSA) is 45.0 Å². The number of unbranched alkanes of at least 4 members (excludes halogenated alkanes) is 1. The predicted octanol–water partition coefficient (Wildman–Crippen LogP) is 1.69. The number of ether oxygens (including phenoxy) is 1. The Morgan fingerprint density at radius 2 is 2.14 bits per heavy atom. The van der Waals surface area contributed by atoms with Crippen LogP contribution in [0.3, 0.4) is 0 Å². The summed E-state index contributed by atoms with van der Waals surface area (Å²) in [5.74, 6) is 0. The Morgan fingerprint density at radius 1 is 1.43 bits per heavy atom. The van der Waals surface area contributed by atoms with Gasteiger partial charge in [0.2, 0.25) is 0 Å². The van der Waals surface area contributed by atoms with Gasteiger partial charge in [-0.3, -0.25) is 0 Å². The molecule has 0 bridgehead atoms. The van der Waals surface area contributed by atoms with Crippen LogP contribution in [0.25, 0.3) is 0 Å². The maximum absolute atomic E-state index is 8.80. The van der Waals surface area contributed by atoms with Crippen LogP contribution < -0.4 is 5.32 Å². The highest BCUT2D eigenvalue weighted by Crippen LogP contribution is 2.21. The highest BCUT2D eigenvalue weighted by molar-refractivity contribution is 4.91. The molecule has 0 radical (unpaired) electrons. The highest BCUT2D eigenvalue weighted by Gasteiger charge is 2.17. The molecule has 0 amide bonds. The molecule has 0 aliphatic carbocycles. The van der Waals surface area contributed by atoms with Gasteiger partial charge in [-0.05, 0) is 33.2 Å². The summed E-state index contributed by atoms with van der Waals surface area (Å²) in [5, 5.41) is 12.2. The van der Waals surface area contributed by atoms with Crippen molar-refractivity contribution in [2.45, 2.75) is 39.2 Å². The van der Waals surface area contributed by atoms with Crippen LogP contribution in [0.2, 0.25) is 0 Å². The van der Waals surface area contributed by atoms with Gasteiger partial charge in [0.1, 0.15) is 0 Å². The number of rotatable bonds is 6. The Kier molecular flexibility index (Phi) is 4.37. The molecule has 0 aromatic rings. The minimum Gasteiger partial charge on any atom is -0.378 e. The fraction of sp³-hybridized carbons (Fsp3) is 0.909. The van der Waals surface area contributed by atoms with Gasteiger partial charge in [0.15, 0.2) is 0 Å². The number of nitriles is 1. The first-order valence-corrected chi connectivity index (χ1v) is 5.36. The van der Waals surface area contributed by atoms with E-state index in [2.05, 4.69) is 11.4 Å². The van der Waals surface area contributed by atoms with Crippen molar-refractivity contribution >= 4 is 0 Å². The molecule has 1 aliphatic heterocycles. The molecular formula is C11H20N2O. The van der Waals surface area contributed by atoms with Crippen molar-refractivity contribution in [2.75, 3.05) is 19.8 Å². The molecule has 1 N–H and O–H groups in total. The third kappa shape index (κ3) is 4.08. The molecule has 1 saturated heterocycles. The van der Waals surface area contributed by atoms with Crippen LogP contribution in [0.1, 0.15) is 33.1 Å². The van der Waals surface area contributed by atoms with Gasteiger partial charge in [-0.2, -0.15) is 5.26 Å². The van der Waals surface area contributed by atoms with Crippen LogP contribution in [-0.2, 0) is 4.74 Å². The van der Waals surface area contributed by atoms with Crippen LogP contribution in [0.15, 0.2) is 0 Å². The zero-order chi connectivity index (χ0) is 10.4. The second-order valence-electron chi connectivity index (χ2n) is 4.64. The number of nitrogens with one attached hydrogen (secondary N) is 1. The molecule has 1 aliphatic rings. The smallest absolute Gasteiger partial charge is 0.0683 e. The summed E-state index contributed by atoms with van der Waals surface area (Å²) < 4.78 is 5.06. The van der Waals surface area contributed by atoms with Crippen molar-refractivity contribution in [2.24, 2.45) is 5.41 Å². The average Bonchev–Trinajstić information content (AvgIpc) is 2.08. The molecule has 0 atom stereocenters. The predicted molar refractivity (Wildman–Crippen MR) is 55.9 cm³/mol. The summed E-state index contributed by atoms with van der Waals surface area (Å²) in [7, 11) is 0. The van der Waals surface area contributed by atoms with E-state index in [0.717, 1.165) is 39.0 Å². The van der Waals surface area contributed by atoms with Gasteiger partial charge in [0, 0.05) is 0 Å². The molecule has 0 unspecified atom stereocenters. The maximum atomic E-state index is 8.80. The van der Waals surface area contributed by atoms with Crippen LogP contribution in [-0.4, -0.2) is 25.8 Å². The van der Waals surface area contributed by atoms with Crippen molar-refractivity contribution in [3.8, 4) is 6.07 Å². The zero-order valence-corrected chi connectivity index (χ0v) is 9.18. The second kappa shape index (κ2) is 5.33. The van der Waals surface area contributed by atoms with E-state index in [4.69, 9.17) is 10.00 Å². The van der Waals surface area contributed by atoms with Crippen LogP contribution in [0, 0.1) is 16.7 Å². The molecule has 0 spiro atoms. The summed E-state index contributed by atoms with van der Waals surface area (Å²) in [6, 6.07) is 2.91. The van der Waals surface area contributed by atoms with E-state index < -0.39 is 0 Å². The standard InChI is InChI=1S/C11H20N2O/c1-11(2,9-12)5-3-4-6-13-10-7-14-8-10/h10,13H,3-8H2,1-2H3. The third-order valence-corrected chi connectivity index (χ3v) is 2.60. The molecular weight excluding hydrogens is 176 g/mol. The lowest BCUT2D eigenvalue weighted by atomic mass is 9.89. The van der Waals surface area contributed by atoms with Crippen LogP contribution in [0.5, 0.6) is 0 Å². The van der Waals surface area contributed by atoms with Gasteiger partial charge in [-0.15, -0.1) is 0 Å². The SMILES string of the molecule is CC(C)(C#N)CCCCNC1COC1. The van der Waals surface area contributed by atoms with Gasteiger partial charge in [-0.25, -0.2) is 0 Å². The number of nitrogens with zero attached hydrogens (tertiary/aromatic N) is 1. The zero-order valence-electron chi connectivity index (χ0n) is 9.18. The fourth-order valence-electron chi connectivity index (χ4n) is 1.41. The Morgan fingerprint density at radius 3 is 2.64 bits per heavy atom. The van der Waals surface area contributed by atoms with Crippen molar-refractivity contribution in [3.63, 3.8) is 0 Å². The first-order chi connectivity index (χ1) is 6.64. The first kappa shape index (κ1) is 11.5. The molecule has 0 saturated carbocycles. The summed E-state index contributed by atoms with van der Waals surface area (Å²) >= 11 is 0. The van der Waals surface area contributed by atoms with Gasteiger partial charge in [0.25, 0.3) is 0 Å². The largest absolute Gasteiger partial charge is 0.378 e. The lowest BCUT2D eigenvalue weighted by Gasteiger charge is -2.27. The average molecular weight is 196 g/mol. The maximum Gasteiger partial charge on any atom is 0.0683 e.